The molecule has 4 nitrogen and oxygen atoms in total. The Morgan fingerprint density at radius 1 is 1.04 bits per heavy atom. The summed E-state index contributed by atoms with van der Waals surface area (Å²) in [7, 11) is 0. The number of hydrogen-bond acceptors (Lipinski definition) is 6. The molecule has 1 aromatic carbocycles. The molecule has 146 valence electrons. The van der Waals surface area contributed by atoms with E-state index in [1.807, 2.05) is 23.1 Å². The zero-order valence-corrected chi connectivity index (χ0v) is 18.1. The third-order valence-electron chi connectivity index (χ3n) is 4.75. The molecule has 1 amide bonds. The minimum absolute atomic E-state index is 0.259. The first-order chi connectivity index (χ1) is 13.8. The lowest BCUT2D eigenvalue weighted by molar-refractivity contribution is -0.130. The van der Waals surface area contributed by atoms with Crippen molar-refractivity contribution in [3.63, 3.8) is 0 Å². The molecule has 28 heavy (non-hydrogen) atoms. The molecule has 7 heteroatoms. The van der Waals surface area contributed by atoms with E-state index in [1.54, 1.807) is 34.4 Å². The summed E-state index contributed by atoms with van der Waals surface area (Å²) in [6, 6.07) is 14.5. The van der Waals surface area contributed by atoms with Crippen LogP contribution < -0.4 is 0 Å². The average molecular weight is 430 g/mol. The molecule has 1 aliphatic heterocycles. The van der Waals surface area contributed by atoms with Crippen LogP contribution in [-0.4, -0.2) is 52.6 Å². The van der Waals surface area contributed by atoms with E-state index in [0.717, 1.165) is 49.2 Å². The Labute approximate surface area is 178 Å². The van der Waals surface area contributed by atoms with E-state index in [2.05, 4.69) is 39.9 Å². The van der Waals surface area contributed by atoms with Crippen molar-refractivity contribution in [3.05, 3.63) is 63.8 Å². The van der Waals surface area contributed by atoms with Gasteiger partial charge in [0.2, 0.25) is 5.91 Å². The highest BCUT2D eigenvalue weighted by molar-refractivity contribution is 7.99. The Bertz CT molecular complexity index is 871. The first kappa shape index (κ1) is 19.6. The van der Waals surface area contributed by atoms with Gasteiger partial charge in [-0.3, -0.25) is 9.69 Å². The van der Waals surface area contributed by atoms with Crippen LogP contribution in [0.2, 0.25) is 0 Å². The molecule has 3 heterocycles. The van der Waals surface area contributed by atoms with Gasteiger partial charge in [-0.15, -0.1) is 34.4 Å². The van der Waals surface area contributed by atoms with Crippen LogP contribution in [0.1, 0.15) is 10.6 Å². The summed E-state index contributed by atoms with van der Waals surface area (Å²) < 4.78 is 0. The maximum Gasteiger partial charge on any atom is 0.232 e. The highest BCUT2D eigenvalue weighted by Crippen LogP contribution is 2.26. The van der Waals surface area contributed by atoms with Crippen molar-refractivity contribution in [2.24, 2.45) is 0 Å². The molecule has 0 saturated carbocycles. The lowest BCUT2D eigenvalue weighted by atomic mass is 10.2. The molecule has 1 fully saturated rings. The smallest absolute Gasteiger partial charge is 0.232 e. The average Bonchev–Trinajstić information content (AvgIpc) is 3.41. The van der Waals surface area contributed by atoms with Gasteiger partial charge in [0.05, 0.1) is 22.9 Å². The Hall–Kier alpha value is -1.67. The van der Waals surface area contributed by atoms with Gasteiger partial charge < -0.3 is 4.90 Å². The molecule has 2 aromatic heterocycles. The minimum Gasteiger partial charge on any atom is -0.339 e. The van der Waals surface area contributed by atoms with Crippen LogP contribution in [-0.2, 0) is 17.1 Å². The fourth-order valence-corrected chi connectivity index (χ4v) is 5.67. The molecule has 1 saturated heterocycles. The van der Waals surface area contributed by atoms with Gasteiger partial charge in [0, 0.05) is 37.3 Å². The number of amides is 1. The summed E-state index contributed by atoms with van der Waals surface area (Å²) in [6.45, 7) is 4.34. The van der Waals surface area contributed by atoms with Gasteiger partial charge in [-0.1, -0.05) is 36.4 Å². The minimum atomic E-state index is 0.259. The van der Waals surface area contributed by atoms with Crippen molar-refractivity contribution in [1.29, 1.82) is 0 Å². The zero-order valence-electron chi connectivity index (χ0n) is 15.6. The summed E-state index contributed by atoms with van der Waals surface area (Å²) >= 11 is 5.16. The number of thiophene rings is 1. The van der Waals surface area contributed by atoms with Gasteiger partial charge in [-0.2, -0.15) is 0 Å². The van der Waals surface area contributed by atoms with Crippen molar-refractivity contribution >= 4 is 40.3 Å². The van der Waals surface area contributed by atoms with Gasteiger partial charge in [-0.25, -0.2) is 4.98 Å². The molecule has 0 bridgehead atoms. The number of benzene rings is 1. The zero-order chi connectivity index (χ0) is 19.2. The van der Waals surface area contributed by atoms with Crippen LogP contribution in [0.4, 0.5) is 0 Å². The van der Waals surface area contributed by atoms with Crippen LogP contribution in [0.5, 0.6) is 0 Å². The summed E-state index contributed by atoms with van der Waals surface area (Å²) in [4.78, 5) is 22.9. The molecule has 0 N–H and O–H groups in total. The standard InChI is InChI=1S/C21H23N3OS3/c25-21(16-26-14-17-5-2-1-3-6-17)24-10-8-23(9-11-24)13-20-22-18(15-28-20)19-7-4-12-27-19/h1-7,12,15H,8-11,13-14,16H2. The van der Waals surface area contributed by atoms with Crippen molar-refractivity contribution in [1.82, 2.24) is 14.8 Å². The van der Waals surface area contributed by atoms with Crippen LogP contribution in [0.15, 0.2) is 53.2 Å². The molecule has 0 atom stereocenters. The molecule has 3 aromatic rings. The normalized spacial score (nSPS) is 15.1. The maximum absolute atomic E-state index is 12.5. The first-order valence-electron chi connectivity index (χ1n) is 9.38. The first-order valence-corrected chi connectivity index (χ1v) is 12.3. The summed E-state index contributed by atoms with van der Waals surface area (Å²) in [6.07, 6.45) is 0. The SMILES string of the molecule is O=C(CSCc1ccccc1)N1CCN(Cc2nc(-c3cccs3)cs2)CC1. The van der Waals surface area contributed by atoms with E-state index in [0.29, 0.717) is 5.75 Å². The monoisotopic (exact) mass is 429 g/mol. The highest BCUT2D eigenvalue weighted by atomic mass is 32.2. The predicted octanol–water partition coefficient (Wildman–Crippen LogP) is 4.45. The molecular weight excluding hydrogens is 406 g/mol. The number of hydrogen-bond donors (Lipinski definition) is 0. The Balaban J connectivity index is 1.19. The van der Waals surface area contributed by atoms with E-state index in [1.165, 1.54) is 10.4 Å². The second-order valence-corrected chi connectivity index (χ2v) is 9.62. The fraction of sp³-hybridized carbons (Fsp3) is 0.333. The van der Waals surface area contributed by atoms with E-state index in [4.69, 9.17) is 4.98 Å². The molecule has 0 radical (unpaired) electrons. The van der Waals surface area contributed by atoms with E-state index in [-0.39, 0.29) is 5.91 Å². The predicted molar refractivity (Wildman–Crippen MR) is 120 cm³/mol. The quantitative estimate of drug-likeness (QED) is 0.556. The number of carbonyl (C=O) groups excluding carboxylic acids is 1. The van der Waals surface area contributed by atoms with Gasteiger partial charge in [0.15, 0.2) is 0 Å². The van der Waals surface area contributed by atoms with Gasteiger partial charge in [0.1, 0.15) is 5.01 Å². The molecule has 0 aliphatic carbocycles. The summed E-state index contributed by atoms with van der Waals surface area (Å²) in [5, 5.41) is 5.38. The molecule has 0 spiro atoms. The second-order valence-electron chi connectivity index (χ2n) is 6.74. The van der Waals surface area contributed by atoms with Gasteiger partial charge >= 0.3 is 0 Å². The molecular formula is C21H23N3OS3. The summed E-state index contributed by atoms with van der Waals surface area (Å²) in [5.41, 5.74) is 2.36. The van der Waals surface area contributed by atoms with Crippen LogP contribution in [0.3, 0.4) is 0 Å². The third kappa shape index (κ3) is 5.23. The number of piperazine rings is 1. The number of thiazole rings is 1. The third-order valence-corrected chi connectivity index (χ3v) is 7.46. The maximum atomic E-state index is 12.5. The topological polar surface area (TPSA) is 36.4 Å². The van der Waals surface area contributed by atoms with E-state index in [9.17, 15) is 4.79 Å². The van der Waals surface area contributed by atoms with Crippen molar-refractivity contribution in [3.8, 4) is 10.6 Å². The Morgan fingerprint density at radius 2 is 1.86 bits per heavy atom. The van der Waals surface area contributed by atoms with E-state index < -0.39 is 0 Å². The lowest BCUT2D eigenvalue weighted by Crippen LogP contribution is -2.48. The lowest BCUT2D eigenvalue weighted by Gasteiger charge is -2.34. The number of thioether (sulfide) groups is 1. The Kier molecular flexibility index (Phi) is 6.80. The van der Waals surface area contributed by atoms with Crippen LogP contribution in [0, 0.1) is 0 Å². The fourth-order valence-electron chi connectivity index (χ4n) is 3.19. The highest BCUT2D eigenvalue weighted by Gasteiger charge is 2.21. The summed E-state index contributed by atoms with van der Waals surface area (Å²) in [5.74, 6) is 1.71. The van der Waals surface area contributed by atoms with Crippen molar-refractivity contribution in [2.45, 2.75) is 12.3 Å². The van der Waals surface area contributed by atoms with Crippen molar-refractivity contribution < 1.29 is 4.79 Å². The number of rotatable bonds is 7. The second kappa shape index (κ2) is 9.69. The van der Waals surface area contributed by atoms with Crippen LogP contribution in [0.25, 0.3) is 10.6 Å². The Morgan fingerprint density at radius 3 is 2.61 bits per heavy atom. The largest absolute Gasteiger partial charge is 0.339 e. The van der Waals surface area contributed by atoms with Gasteiger partial charge in [0.25, 0.3) is 0 Å². The van der Waals surface area contributed by atoms with Crippen molar-refractivity contribution in [2.75, 3.05) is 31.9 Å². The molecule has 0 unspecified atom stereocenters. The molecule has 1 aliphatic rings. The number of aromatic nitrogens is 1. The number of carbonyl (C=O) groups is 1. The number of nitrogens with zero attached hydrogens (tertiary/aromatic N) is 3. The van der Waals surface area contributed by atoms with Crippen LogP contribution >= 0.6 is 34.4 Å². The van der Waals surface area contributed by atoms with E-state index >= 15 is 0 Å². The van der Waals surface area contributed by atoms with Gasteiger partial charge in [-0.05, 0) is 17.0 Å². The molecule has 4 rings (SSSR count).